The van der Waals surface area contributed by atoms with Crippen LogP contribution in [0.15, 0.2) is 48.5 Å². The van der Waals surface area contributed by atoms with Crippen LogP contribution >= 0.6 is 0 Å². The lowest BCUT2D eigenvalue weighted by Crippen LogP contribution is -1.94. The molecule has 0 bridgehead atoms. The first kappa shape index (κ1) is 13.7. The lowest BCUT2D eigenvalue weighted by molar-refractivity contribution is 0.104. The van der Waals surface area contributed by atoms with Crippen LogP contribution in [0.3, 0.4) is 0 Å². The summed E-state index contributed by atoms with van der Waals surface area (Å²) < 4.78 is 4.92. The molecule has 4 heteroatoms. The molecule has 4 nitrogen and oxygen atoms in total. The van der Waals surface area contributed by atoms with Crippen molar-refractivity contribution < 1.29 is 19.7 Å². The number of carbonyl (C=O) groups is 1. The van der Waals surface area contributed by atoms with Crippen molar-refractivity contribution in [1.82, 2.24) is 0 Å². The molecule has 0 fully saturated rings. The standard InChI is InChI=1S/C16H14O4/c1-20-16-9-5-12(10-15(16)19)14(18)8-4-11-2-6-13(17)7-3-11/h2-10,17,19H,1H3/b8-4+. The van der Waals surface area contributed by atoms with E-state index in [9.17, 15) is 9.90 Å². The summed E-state index contributed by atoms with van der Waals surface area (Å²) in [4.78, 5) is 11.9. The average Bonchev–Trinajstić information content (AvgIpc) is 2.46. The summed E-state index contributed by atoms with van der Waals surface area (Å²) in [7, 11) is 1.45. The molecule has 0 aliphatic rings. The number of hydrogen-bond donors (Lipinski definition) is 2. The molecule has 20 heavy (non-hydrogen) atoms. The third-order valence-electron chi connectivity index (χ3n) is 2.78. The molecule has 0 saturated heterocycles. The lowest BCUT2D eigenvalue weighted by atomic mass is 10.1. The fraction of sp³-hybridized carbons (Fsp3) is 0.0625. The zero-order chi connectivity index (χ0) is 14.5. The van der Waals surface area contributed by atoms with E-state index < -0.39 is 0 Å². The summed E-state index contributed by atoms with van der Waals surface area (Å²) in [5.74, 6) is 0.199. The molecule has 0 saturated carbocycles. The van der Waals surface area contributed by atoms with Crippen LogP contribution in [0, 0.1) is 0 Å². The van der Waals surface area contributed by atoms with Crippen LogP contribution in [-0.4, -0.2) is 23.1 Å². The minimum absolute atomic E-state index is 0.0728. The van der Waals surface area contributed by atoms with E-state index in [1.165, 1.54) is 25.3 Å². The smallest absolute Gasteiger partial charge is 0.185 e. The molecule has 0 unspecified atom stereocenters. The molecule has 0 aromatic heterocycles. The Balaban J connectivity index is 2.15. The van der Waals surface area contributed by atoms with Gasteiger partial charge in [-0.25, -0.2) is 0 Å². The highest BCUT2D eigenvalue weighted by atomic mass is 16.5. The second-order valence-corrected chi connectivity index (χ2v) is 4.18. The maximum atomic E-state index is 11.9. The number of phenolic OH excluding ortho intramolecular Hbond substituents is 2. The Kier molecular flexibility index (Phi) is 4.05. The van der Waals surface area contributed by atoms with E-state index in [0.717, 1.165) is 5.56 Å². The van der Waals surface area contributed by atoms with Gasteiger partial charge in [-0.2, -0.15) is 0 Å². The van der Waals surface area contributed by atoms with Gasteiger partial charge in [0, 0.05) is 5.56 Å². The zero-order valence-electron chi connectivity index (χ0n) is 10.9. The third-order valence-corrected chi connectivity index (χ3v) is 2.78. The van der Waals surface area contributed by atoms with Crippen LogP contribution in [0.5, 0.6) is 17.2 Å². The number of allylic oxidation sites excluding steroid dienone is 1. The number of benzene rings is 2. The van der Waals surface area contributed by atoms with Crippen molar-refractivity contribution in [1.29, 1.82) is 0 Å². The van der Waals surface area contributed by atoms with E-state index in [-0.39, 0.29) is 17.3 Å². The lowest BCUT2D eigenvalue weighted by Gasteiger charge is -2.03. The average molecular weight is 270 g/mol. The fourth-order valence-electron chi connectivity index (χ4n) is 1.70. The van der Waals surface area contributed by atoms with Gasteiger partial charge in [-0.05, 0) is 42.0 Å². The molecule has 102 valence electrons. The van der Waals surface area contributed by atoms with E-state index >= 15 is 0 Å². The Labute approximate surface area is 116 Å². The summed E-state index contributed by atoms with van der Waals surface area (Å²) in [5, 5.41) is 18.8. The molecule has 0 radical (unpaired) electrons. The minimum atomic E-state index is -0.226. The molecule has 0 aliphatic heterocycles. The van der Waals surface area contributed by atoms with Crippen LogP contribution in [0.2, 0.25) is 0 Å². The summed E-state index contributed by atoms with van der Waals surface area (Å²) in [5.41, 5.74) is 1.17. The minimum Gasteiger partial charge on any atom is -0.508 e. The number of aromatic hydroxyl groups is 2. The predicted octanol–water partition coefficient (Wildman–Crippen LogP) is 3.00. The number of ether oxygens (including phenoxy) is 1. The molecule has 0 atom stereocenters. The predicted molar refractivity (Wildman–Crippen MR) is 76.1 cm³/mol. The third kappa shape index (κ3) is 3.17. The van der Waals surface area contributed by atoms with Gasteiger partial charge in [-0.1, -0.05) is 18.2 Å². The van der Waals surface area contributed by atoms with E-state index in [4.69, 9.17) is 9.84 Å². The molecule has 0 spiro atoms. The Morgan fingerprint density at radius 1 is 1.10 bits per heavy atom. The number of carbonyl (C=O) groups excluding carboxylic acids is 1. The molecular formula is C16H14O4. The molecule has 2 aromatic carbocycles. The Hall–Kier alpha value is -2.75. The van der Waals surface area contributed by atoms with Gasteiger partial charge >= 0.3 is 0 Å². The van der Waals surface area contributed by atoms with Crippen LogP contribution in [0.1, 0.15) is 15.9 Å². The molecule has 2 N–H and O–H groups in total. The monoisotopic (exact) mass is 270 g/mol. The SMILES string of the molecule is COc1ccc(C(=O)/C=C/c2ccc(O)cc2)cc1O. The maximum Gasteiger partial charge on any atom is 0.185 e. The van der Waals surface area contributed by atoms with Crippen molar-refractivity contribution in [3.8, 4) is 17.2 Å². The Morgan fingerprint density at radius 2 is 1.80 bits per heavy atom. The highest BCUT2D eigenvalue weighted by Crippen LogP contribution is 2.26. The van der Waals surface area contributed by atoms with Crippen LogP contribution in [-0.2, 0) is 0 Å². The van der Waals surface area contributed by atoms with Gasteiger partial charge in [0.2, 0.25) is 0 Å². The van der Waals surface area contributed by atoms with Crippen LogP contribution in [0.4, 0.5) is 0 Å². The summed E-state index contributed by atoms with van der Waals surface area (Å²) in [6.45, 7) is 0. The van der Waals surface area contributed by atoms with Gasteiger partial charge in [0.25, 0.3) is 0 Å². The van der Waals surface area contributed by atoms with Crippen molar-refractivity contribution in [2.24, 2.45) is 0 Å². The number of rotatable bonds is 4. The topological polar surface area (TPSA) is 66.8 Å². The van der Waals surface area contributed by atoms with Crippen LogP contribution in [0.25, 0.3) is 6.08 Å². The first-order valence-electron chi connectivity index (χ1n) is 5.98. The summed E-state index contributed by atoms with van der Waals surface area (Å²) in [6.07, 6.45) is 3.05. The molecular weight excluding hydrogens is 256 g/mol. The van der Waals surface area contributed by atoms with E-state index in [0.29, 0.717) is 11.3 Å². The maximum absolute atomic E-state index is 11.9. The van der Waals surface area contributed by atoms with Gasteiger partial charge in [-0.3, -0.25) is 4.79 Å². The number of phenols is 2. The van der Waals surface area contributed by atoms with Crippen molar-refractivity contribution in [2.75, 3.05) is 7.11 Å². The zero-order valence-corrected chi connectivity index (χ0v) is 10.9. The largest absolute Gasteiger partial charge is 0.508 e. The fourth-order valence-corrected chi connectivity index (χ4v) is 1.70. The van der Waals surface area contributed by atoms with Crippen LogP contribution < -0.4 is 4.74 Å². The van der Waals surface area contributed by atoms with E-state index in [1.54, 1.807) is 36.4 Å². The van der Waals surface area contributed by atoms with Gasteiger partial charge in [-0.15, -0.1) is 0 Å². The molecule has 0 amide bonds. The quantitative estimate of drug-likeness (QED) is 0.662. The number of ketones is 1. The second-order valence-electron chi connectivity index (χ2n) is 4.18. The van der Waals surface area contributed by atoms with Gasteiger partial charge < -0.3 is 14.9 Å². The van der Waals surface area contributed by atoms with Crippen molar-refractivity contribution in [3.63, 3.8) is 0 Å². The second kappa shape index (κ2) is 5.93. The van der Waals surface area contributed by atoms with E-state index in [1.807, 2.05) is 0 Å². The first-order valence-corrected chi connectivity index (χ1v) is 5.98. The molecule has 2 rings (SSSR count). The van der Waals surface area contributed by atoms with Crippen molar-refractivity contribution >= 4 is 11.9 Å². The molecule has 0 heterocycles. The molecule has 0 aliphatic carbocycles. The summed E-state index contributed by atoms with van der Waals surface area (Å²) >= 11 is 0. The van der Waals surface area contributed by atoms with Gasteiger partial charge in [0.1, 0.15) is 5.75 Å². The highest BCUT2D eigenvalue weighted by molar-refractivity contribution is 6.07. The van der Waals surface area contributed by atoms with Crippen molar-refractivity contribution in [3.05, 3.63) is 59.7 Å². The highest BCUT2D eigenvalue weighted by Gasteiger charge is 2.06. The first-order chi connectivity index (χ1) is 9.60. The number of hydrogen-bond acceptors (Lipinski definition) is 4. The normalized spacial score (nSPS) is 10.7. The molecule has 2 aromatic rings. The van der Waals surface area contributed by atoms with Crippen molar-refractivity contribution in [2.45, 2.75) is 0 Å². The van der Waals surface area contributed by atoms with Gasteiger partial charge in [0.15, 0.2) is 17.3 Å². The Bertz CT molecular complexity index is 642. The van der Waals surface area contributed by atoms with Gasteiger partial charge in [0.05, 0.1) is 7.11 Å². The van der Waals surface area contributed by atoms with E-state index in [2.05, 4.69) is 0 Å². The number of methoxy groups -OCH3 is 1. The summed E-state index contributed by atoms with van der Waals surface area (Å²) in [6, 6.07) is 11.0. The Morgan fingerprint density at radius 3 is 2.40 bits per heavy atom.